The second-order valence-corrected chi connectivity index (χ2v) is 8.15. The summed E-state index contributed by atoms with van der Waals surface area (Å²) in [6.07, 6.45) is 1.85. The molecular formula is C22H20N2O3S. The van der Waals surface area contributed by atoms with Gasteiger partial charge in [0.15, 0.2) is 0 Å². The lowest BCUT2D eigenvalue weighted by molar-refractivity contribution is 0.414. The van der Waals surface area contributed by atoms with Crippen molar-refractivity contribution in [3.63, 3.8) is 0 Å². The summed E-state index contributed by atoms with van der Waals surface area (Å²) in [5, 5.41) is 0.964. The SMILES string of the molecule is COc1cccc([C@H](NS(=O)(=O)c2ccccc2)c2c[nH]c3ccccc23)c1. The third-order valence-electron chi connectivity index (χ3n) is 4.69. The Balaban J connectivity index is 1.84. The molecule has 28 heavy (non-hydrogen) atoms. The number of ether oxygens (including phenoxy) is 1. The summed E-state index contributed by atoms with van der Waals surface area (Å²) in [7, 11) is -2.14. The van der Waals surface area contributed by atoms with Gasteiger partial charge in [-0.3, -0.25) is 0 Å². The van der Waals surface area contributed by atoms with Gasteiger partial charge >= 0.3 is 0 Å². The van der Waals surface area contributed by atoms with Crippen LogP contribution in [0.5, 0.6) is 5.75 Å². The molecule has 0 aliphatic carbocycles. The molecule has 3 aromatic carbocycles. The maximum atomic E-state index is 13.0. The van der Waals surface area contributed by atoms with Crippen molar-refractivity contribution in [2.75, 3.05) is 7.11 Å². The maximum absolute atomic E-state index is 13.0. The van der Waals surface area contributed by atoms with Gasteiger partial charge in [0.25, 0.3) is 0 Å². The van der Waals surface area contributed by atoms with E-state index in [1.54, 1.807) is 37.4 Å². The third-order valence-corrected chi connectivity index (χ3v) is 6.12. The van der Waals surface area contributed by atoms with Crippen molar-refractivity contribution in [2.24, 2.45) is 0 Å². The Morgan fingerprint density at radius 2 is 1.68 bits per heavy atom. The molecule has 0 unspecified atom stereocenters. The highest BCUT2D eigenvalue weighted by Gasteiger charge is 2.25. The van der Waals surface area contributed by atoms with Crippen LogP contribution in [0.3, 0.4) is 0 Å². The average Bonchev–Trinajstić information content (AvgIpc) is 3.17. The quantitative estimate of drug-likeness (QED) is 0.515. The highest BCUT2D eigenvalue weighted by Crippen LogP contribution is 2.32. The van der Waals surface area contributed by atoms with E-state index in [-0.39, 0.29) is 4.90 Å². The van der Waals surface area contributed by atoms with Gasteiger partial charge in [0.2, 0.25) is 10.0 Å². The fourth-order valence-electron chi connectivity index (χ4n) is 3.29. The zero-order chi connectivity index (χ0) is 19.6. The largest absolute Gasteiger partial charge is 0.497 e. The summed E-state index contributed by atoms with van der Waals surface area (Å²) in [6.45, 7) is 0. The van der Waals surface area contributed by atoms with Crippen molar-refractivity contribution in [2.45, 2.75) is 10.9 Å². The number of rotatable bonds is 6. The number of sulfonamides is 1. The van der Waals surface area contributed by atoms with Gasteiger partial charge < -0.3 is 9.72 Å². The molecule has 142 valence electrons. The minimum atomic E-state index is -3.73. The van der Waals surface area contributed by atoms with E-state index in [0.29, 0.717) is 5.75 Å². The molecule has 1 heterocycles. The molecule has 4 rings (SSSR count). The molecule has 0 amide bonds. The van der Waals surface area contributed by atoms with Crippen LogP contribution in [0, 0.1) is 0 Å². The van der Waals surface area contributed by atoms with Crippen LogP contribution in [0.25, 0.3) is 10.9 Å². The molecule has 0 bridgehead atoms. The van der Waals surface area contributed by atoms with Crippen LogP contribution in [0.2, 0.25) is 0 Å². The average molecular weight is 392 g/mol. The number of H-pyrrole nitrogens is 1. The predicted octanol–water partition coefficient (Wildman–Crippen LogP) is 4.24. The third kappa shape index (κ3) is 3.52. The predicted molar refractivity (Wildman–Crippen MR) is 110 cm³/mol. The monoisotopic (exact) mass is 392 g/mol. The van der Waals surface area contributed by atoms with Gasteiger partial charge in [-0.25, -0.2) is 8.42 Å². The minimum absolute atomic E-state index is 0.225. The summed E-state index contributed by atoms with van der Waals surface area (Å²) in [4.78, 5) is 3.45. The first-order valence-corrected chi connectivity index (χ1v) is 10.3. The standard InChI is InChI=1S/C22H20N2O3S/c1-27-17-9-7-8-16(14-17)22(20-15-23-21-13-6-5-12-19(20)21)24-28(25,26)18-10-3-2-4-11-18/h2-15,22-24H,1H3/t22-/m0/s1. The molecular weight excluding hydrogens is 372 g/mol. The fraction of sp³-hybridized carbons (Fsp3) is 0.0909. The van der Waals surface area contributed by atoms with Gasteiger partial charge in [-0.15, -0.1) is 0 Å². The van der Waals surface area contributed by atoms with Gasteiger partial charge in [-0.2, -0.15) is 4.72 Å². The molecule has 5 nitrogen and oxygen atoms in total. The first-order chi connectivity index (χ1) is 13.6. The lowest BCUT2D eigenvalue weighted by Crippen LogP contribution is -2.29. The molecule has 0 spiro atoms. The number of benzene rings is 3. The molecule has 0 aliphatic rings. The Bertz CT molecular complexity index is 1200. The summed E-state index contributed by atoms with van der Waals surface area (Å²) in [6, 6.07) is 23.1. The number of para-hydroxylation sites is 1. The molecule has 1 atom stereocenters. The van der Waals surface area contributed by atoms with Crippen LogP contribution in [-0.4, -0.2) is 20.5 Å². The van der Waals surface area contributed by atoms with Crippen molar-refractivity contribution in [3.8, 4) is 5.75 Å². The van der Waals surface area contributed by atoms with Crippen LogP contribution in [0.1, 0.15) is 17.2 Å². The van der Waals surface area contributed by atoms with Crippen molar-refractivity contribution in [1.29, 1.82) is 0 Å². The van der Waals surface area contributed by atoms with Gasteiger partial charge in [0.1, 0.15) is 5.75 Å². The van der Waals surface area contributed by atoms with Crippen LogP contribution < -0.4 is 9.46 Å². The summed E-state index contributed by atoms with van der Waals surface area (Å²) in [5.41, 5.74) is 2.59. The lowest BCUT2D eigenvalue weighted by Gasteiger charge is -2.20. The smallest absolute Gasteiger partial charge is 0.241 e. The Labute approximate surface area is 164 Å². The van der Waals surface area contributed by atoms with E-state index >= 15 is 0 Å². The summed E-state index contributed by atoms with van der Waals surface area (Å²) < 4.78 is 34.3. The zero-order valence-electron chi connectivity index (χ0n) is 15.3. The highest BCUT2D eigenvalue weighted by molar-refractivity contribution is 7.89. The van der Waals surface area contributed by atoms with Gasteiger partial charge in [-0.1, -0.05) is 48.5 Å². The lowest BCUT2D eigenvalue weighted by atomic mass is 9.99. The van der Waals surface area contributed by atoms with Gasteiger partial charge in [0, 0.05) is 17.1 Å². The number of fused-ring (bicyclic) bond motifs is 1. The molecule has 6 heteroatoms. The van der Waals surface area contributed by atoms with Crippen LogP contribution in [-0.2, 0) is 10.0 Å². The van der Waals surface area contributed by atoms with E-state index in [2.05, 4.69) is 9.71 Å². The van der Waals surface area contributed by atoms with E-state index < -0.39 is 16.1 Å². The number of methoxy groups -OCH3 is 1. The highest BCUT2D eigenvalue weighted by atomic mass is 32.2. The van der Waals surface area contributed by atoms with Crippen molar-refractivity contribution in [1.82, 2.24) is 9.71 Å². The van der Waals surface area contributed by atoms with Crippen molar-refractivity contribution < 1.29 is 13.2 Å². The second kappa shape index (κ2) is 7.50. The van der Waals surface area contributed by atoms with E-state index in [9.17, 15) is 8.42 Å². The Morgan fingerprint density at radius 1 is 0.929 bits per heavy atom. The molecule has 0 aliphatic heterocycles. The molecule has 4 aromatic rings. The second-order valence-electron chi connectivity index (χ2n) is 6.43. The molecule has 0 fully saturated rings. The Kier molecular flexibility index (Phi) is 4.90. The van der Waals surface area contributed by atoms with E-state index in [1.165, 1.54) is 0 Å². The normalized spacial score (nSPS) is 12.8. The van der Waals surface area contributed by atoms with Crippen LogP contribution in [0.4, 0.5) is 0 Å². The van der Waals surface area contributed by atoms with Gasteiger partial charge in [-0.05, 0) is 41.5 Å². The topological polar surface area (TPSA) is 71.2 Å². The number of aromatic amines is 1. The molecule has 1 aromatic heterocycles. The number of hydrogen-bond donors (Lipinski definition) is 2. The number of aromatic nitrogens is 1. The molecule has 0 saturated carbocycles. The number of hydrogen-bond acceptors (Lipinski definition) is 3. The zero-order valence-corrected chi connectivity index (χ0v) is 16.1. The maximum Gasteiger partial charge on any atom is 0.241 e. The summed E-state index contributed by atoms with van der Waals surface area (Å²) in [5.74, 6) is 0.668. The summed E-state index contributed by atoms with van der Waals surface area (Å²) >= 11 is 0. The van der Waals surface area contributed by atoms with E-state index in [1.807, 2.05) is 54.7 Å². The first kappa shape index (κ1) is 18.3. The molecule has 2 N–H and O–H groups in total. The Morgan fingerprint density at radius 3 is 2.46 bits per heavy atom. The van der Waals surface area contributed by atoms with Crippen molar-refractivity contribution in [3.05, 3.63) is 96.2 Å². The van der Waals surface area contributed by atoms with E-state index in [0.717, 1.165) is 22.0 Å². The molecule has 0 radical (unpaired) electrons. The molecule has 0 saturated heterocycles. The van der Waals surface area contributed by atoms with Crippen LogP contribution >= 0.6 is 0 Å². The first-order valence-electron chi connectivity index (χ1n) is 8.86. The number of nitrogens with one attached hydrogen (secondary N) is 2. The Hall–Kier alpha value is -3.09. The minimum Gasteiger partial charge on any atom is -0.497 e. The van der Waals surface area contributed by atoms with Gasteiger partial charge in [0.05, 0.1) is 18.0 Å². The fourth-order valence-corrected chi connectivity index (χ4v) is 4.51. The van der Waals surface area contributed by atoms with E-state index in [4.69, 9.17) is 4.74 Å². The van der Waals surface area contributed by atoms with Crippen molar-refractivity contribution >= 4 is 20.9 Å². The van der Waals surface area contributed by atoms with Crippen LogP contribution in [0.15, 0.2) is 90.0 Å².